The number of aliphatic hydroxyl groups excluding tert-OH is 1. The summed E-state index contributed by atoms with van der Waals surface area (Å²) in [6, 6.07) is 6.49. The van der Waals surface area contributed by atoms with Gasteiger partial charge in [-0.3, -0.25) is 0 Å². The summed E-state index contributed by atoms with van der Waals surface area (Å²) in [4.78, 5) is 12.1. The molecule has 3 N–H and O–H groups in total. The molecule has 132 valence electrons. The Labute approximate surface area is 142 Å². The van der Waals surface area contributed by atoms with Crippen LogP contribution in [0.5, 0.6) is 0 Å². The van der Waals surface area contributed by atoms with E-state index in [0.717, 1.165) is 50.5 Å². The van der Waals surface area contributed by atoms with E-state index < -0.39 is 0 Å². The highest BCUT2D eigenvalue weighted by Crippen LogP contribution is 2.43. The summed E-state index contributed by atoms with van der Waals surface area (Å²) in [6.45, 7) is 1.20. The predicted octanol–water partition coefficient (Wildman–Crippen LogP) is 3.10. The molecular formula is C19H27FN2O2. The maximum atomic E-state index is 13.1. The van der Waals surface area contributed by atoms with Crippen molar-refractivity contribution in [1.82, 2.24) is 10.6 Å². The molecule has 24 heavy (non-hydrogen) atoms. The molecule has 4 nitrogen and oxygen atoms in total. The van der Waals surface area contributed by atoms with Crippen molar-refractivity contribution in [2.45, 2.75) is 56.5 Å². The van der Waals surface area contributed by atoms with E-state index in [0.29, 0.717) is 19.0 Å². The lowest BCUT2D eigenvalue weighted by molar-refractivity contribution is 0.101. The summed E-state index contributed by atoms with van der Waals surface area (Å²) in [5.41, 5.74) is 1.05. The molecule has 2 unspecified atom stereocenters. The lowest BCUT2D eigenvalue weighted by Crippen LogP contribution is -2.49. The van der Waals surface area contributed by atoms with Crippen molar-refractivity contribution in [2.75, 3.05) is 13.1 Å². The van der Waals surface area contributed by atoms with Crippen LogP contribution in [0.4, 0.5) is 9.18 Å². The molecule has 1 aromatic carbocycles. The van der Waals surface area contributed by atoms with E-state index in [1.54, 1.807) is 0 Å². The van der Waals surface area contributed by atoms with Gasteiger partial charge in [0, 0.05) is 18.5 Å². The summed E-state index contributed by atoms with van der Waals surface area (Å²) in [5.74, 6) is 0.142. The Morgan fingerprint density at radius 3 is 2.54 bits per heavy atom. The fraction of sp³-hybridized carbons (Fsp3) is 0.632. The lowest BCUT2D eigenvalue weighted by Gasteiger charge is -2.42. The number of hydrogen-bond acceptors (Lipinski definition) is 2. The zero-order valence-corrected chi connectivity index (χ0v) is 14.1. The van der Waals surface area contributed by atoms with E-state index in [2.05, 4.69) is 10.6 Å². The molecule has 0 radical (unpaired) electrons. The molecule has 2 amide bonds. The molecule has 5 heteroatoms. The topological polar surface area (TPSA) is 61.4 Å². The van der Waals surface area contributed by atoms with Crippen molar-refractivity contribution in [1.29, 1.82) is 0 Å². The molecular weight excluding hydrogens is 307 g/mol. The van der Waals surface area contributed by atoms with Gasteiger partial charge >= 0.3 is 6.03 Å². The van der Waals surface area contributed by atoms with E-state index in [1.807, 2.05) is 12.1 Å². The predicted molar refractivity (Wildman–Crippen MR) is 91.3 cm³/mol. The molecule has 2 atom stereocenters. The van der Waals surface area contributed by atoms with Crippen LogP contribution in [0, 0.1) is 11.7 Å². The highest BCUT2D eigenvalue weighted by atomic mass is 19.1. The Kier molecular flexibility index (Phi) is 5.39. The molecule has 2 aliphatic carbocycles. The number of urea groups is 1. The van der Waals surface area contributed by atoms with Gasteiger partial charge in [0.15, 0.2) is 0 Å². The van der Waals surface area contributed by atoms with Gasteiger partial charge in [-0.15, -0.1) is 0 Å². The normalized spacial score (nSPS) is 25.6. The Morgan fingerprint density at radius 1 is 1.17 bits per heavy atom. The quantitative estimate of drug-likeness (QED) is 0.775. The van der Waals surface area contributed by atoms with Crippen LogP contribution in [0.25, 0.3) is 0 Å². The van der Waals surface area contributed by atoms with Crippen molar-refractivity contribution in [3.05, 3.63) is 35.6 Å². The fourth-order valence-electron chi connectivity index (χ4n) is 3.97. The summed E-state index contributed by atoms with van der Waals surface area (Å²) in [6.07, 6.45) is 6.72. The Hall–Kier alpha value is -1.62. The monoisotopic (exact) mass is 334 g/mol. The first kappa shape index (κ1) is 17.2. The second kappa shape index (κ2) is 7.51. The third kappa shape index (κ3) is 4.07. The number of aliphatic hydroxyl groups is 1. The van der Waals surface area contributed by atoms with E-state index in [-0.39, 0.29) is 23.4 Å². The first-order valence-corrected chi connectivity index (χ1v) is 9.03. The highest BCUT2D eigenvalue weighted by Gasteiger charge is 2.38. The van der Waals surface area contributed by atoms with Gasteiger partial charge in [0.1, 0.15) is 5.82 Å². The first-order valence-electron chi connectivity index (χ1n) is 9.03. The van der Waals surface area contributed by atoms with Crippen LogP contribution < -0.4 is 10.6 Å². The van der Waals surface area contributed by atoms with Crippen LogP contribution in [0.1, 0.15) is 50.5 Å². The molecule has 3 rings (SSSR count). The molecule has 2 fully saturated rings. The minimum atomic E-state index is -0.228. The summed E-state index contributed by atoms with van der Waals surface area (Å²) < 4.78 is 13.1. The van der Waals surface area contributed by atoms with Gasteiger partial charge < -0.3 is 15.7 Å². The van der Waals surface area contributed by atoms with Gasteiger partial charge in [0.05, 0.1) is 6.10 Å². The first-order chi connectivity index (χ1) is 11.6. The molecule has 0 spiro atoms. The number of hydrogen-bond donors (Lipinski definition) is 3. The number of benzene rings is 1. The number of amides is 2. The minimum absolute atomic E-state index is 0.0495. The third-order valence-electron chi connectivity index (χ3n) is 5.66. The van der Waals surface area contributed by atoms with Crippen molar-refractivity contribution in [3.63, 3.8) is 0 Å². The summed E-state index contributed by atoms with van der Waals surface area (Å²) >= 11 is 0. The lowest BCUT2D eigenvalue weighted by atomic mass is 9.64. The standard InChI is InChI=1S/C19H27FN2O2/c20-16-7-5-15(6-8-16)19(9-2-10-19)13-22-18(24)21-12-14-3-1-4-17(23)11-14/h5-8,14,17,23H,1-4,9-13H2,(H2,21,22,24). The zero-order chi connectivity index (χ0) is 17.0. The van der Waals surface area contributed by atoms with Gasteiger partial charge in [-0.2, -0.15) is 0 Å². The van der Waals surface area contributed by atoms with Crippen molar-refractivity contribution >= 4 is 6.03 Å². The SMILES string of the molecule is O=C(NCC1CCCC(O)C1)NCC1(c2ccc(F)cc2)CCC1. The average Bonchev–Trinajstić information content (AvgIpc) is 2.53. The smallest absolute Gasteiger partial charge is 0.314 e. The number of halogens is 1. The van der Waals surface area contributed by atoms with Gasteiger partial charge in [0.2, 0.25) is 0 Å². The Bertz CT molecular complexity index is 557. The van der Waals surface area contributed by atoms with Crippen LogP contribution in [-0.4, -0.2) is 30.3 Å². The van der Waals surface area contributed by atoms with Crippen molar-refractivity contribution in [3.8, 4) is 0 Å². The molecule has 0 bridgehead atoms. The van der Waals surface area contributed by atoms with Crippen LogP contribution >= 0.6 is 0 Å². The second-order valence-corrected chi connectivity index (χ2v) is 7.39. The highest BCUT2D eigenvalue weighted by molar-refractivity contribution is 5.74. The van der Waals surface area contributed by atoms with Gasteiger partial charge in [-0.25, -0.2) is 9.18 Å². The van der Waals surface area contributed by atoms with Gasteiger partial charge in [-0.1, -0.05) is 25.0 Å². The van der Waals surface area contributed by atoms with Crippen LogP contribution in [0.3, 0.4) is 0 Å². The van der Waals surface area contributed by atoms with Gasteiger partial charge in [0.25, 0.3) is 0 Å². The maximum absolute atomic E-state index is 13.1. The largest absolute Gasteiger partial charge is 0.393 e. The molecule has 0 aromatic heterocycles. The molecule has 0 aliphatic heterocycles. The number of carbonyl (C=O) groups is 1. The number of rotatable bonds is 5. The minimum Gasteiger partial charge on any atom is -0.393 e. The molecule has 0 heterocycles. The molecule has 2 saturated carbocycles. The molecule has 2 aliphatic rings. The van der Waals surface area contributed by atoms with Crippen LogP contribution in [-0.2, 0) is 5.41 Å². The Balaban J connectivity index is 1.47. The van der Waals surface area contributed by atoms with E-state index in [1.165, 1.54) is 12.1 Å². The van der Waals surface area contributed by atoms with Crippen LogP contribution in [0.15, 0.2) is 24.3 Å². The summed E-state index contributed by atoms with van der Waals surface area (Å²) in [7, 11) is 0. The average molecular weight is 334 g/mol. The molecule has 1 aromatic rings. The van der Waals surface area contributed by atoms with Crippen molar-refractivity contribution in [2.24, 2.45) is 5.92 Å². The maximum Gasteiger partial charge on any atom is 0.314 e. The fourth-order valence-corrected chi connectivity index (χ4v) is 3.97. The van der Waals surface area contributed by atoms with Gasteiger partial charge in [-0.05, 0) is 55.7 Å². The zero-order valence-electron chi connectivity index (χ0n) is 14.1. The van der Waals surface area contributed by atoms with Crippen LogP contribution in [0.2, 0.25) is 0 Å². The second-order valence-electron chi connectivity index (χ2n) is 7.39. The van der Waals surface area contributed by atoms with E-state index >= 15 is 0 Å². The van der Waals surface area contributed by atoms with Crippen molar-refractivity contribution < 1.29 is 14.3 Å². The number of nitrogens with one attached hydrogen (secondary N) is 2. The Morgan fingerprint density at radius 2 is 1.92 bits per heavy atom. The summed E-state index contributed by atoms with van der Waals surface area (Å²) in [5, 5.41) is 15.6. The molecule has 0 saturated heterocycles. The number of carbonyl (C=O) groups excluding carboxylic acids is 1. The van der Waals surface area contributed by atoms with E-state index in [4.69, 9.17) is 0 Å². The third-order valence-corrected chi connectivity index (χ3v) is 5.66. The van der Waals surface area contributed by atoms with E-state index in [9.17, 15) is 14.3 Å².